The fraction of sp³-hybridized carbons (Fsp3) is 0.344. The quantitative estimate of drug-likeness (QED) is 0.0500. The lowest BCUT2D eigenvalue weighted by atomic mass is 10.1. The van der Waals surface area contributed by atoms with E-state index >= 15 is 0 Å². The van der Waals surface area contributed by atoms with E-state index in [-0.39, 0.29) is 46.2 Å². The Morgan fingerprint density at radius 3 is 0.935 bits per heavy atom. The van der Waals surface area contributed by atoms with Gasteiger partial charge in [0, 0.05) is 0 Å². The number of ether oxygens (including phenoxy) is 12. The molecule has 7 aromatic rings. The highest BCUT2D eigenvalue weighted by Gasteiger charge is 2.55. The number of rotatable bonds is 28. The van der Waals surface area contributed by atoms with Crippen molar-refractivity contribution in [1.29, 1.82) is 0 Å². The molecule has 13 nitrogen and oxygen atoms in total. The summed E-state index contributed by atoms with van der Waals surface area (Å²) in [4.78, 5) is 0. The maximum Gasteiger partial charge on any atom is 0.187 e. The number of benzene rings is 7. The molecular formula is C64H68O13. The molecule has 7 aromatic carbocycles. The van der Waals surface area contributed by atoms with Gasteiger partial charge in [0.15, 0.2) is 18.9 Å². The van der Waals surface area contributed by atoms with Crippen molar-refractivity contribution in [2.24, 2.45) is 0 Å². The van der Waals surface area contributed by atoms with E-state index in [0.717, 1.165) is 38.9 Å². The van der Waals surface area contributed by atoms with Crippen LogP contribution in [0.15, 0.2) is 212 Å². The first-order chi connectivity index (χ1) is 38.1. The van der Waals surface area contributed by atoms with Crippen LogP contribution in [0.3, 0.4) is 0 Å². The Labute approximate surface area is 451 Å². The van der Waals surface area contributed by atoms with Crippen molar-refractivity contribution < 1.29 is 61.9 Å². The third kappa shape index (κ3) is 15.6. The lowest BCUT2D eigenvalue weighted by Gasteiger charge is -2.30. The average molecular weight is 1050 g/mol. The minimum atomic E-state index is -1.31. The van der Waals surface area contributed by atoms with E-state index in [1.807, 2.05) is 212 Å². The van der Waals surface area contributed by atoms with Crippen LogP contribution >= 0.6 is 0 Å². The highest BCUT2D eigenvalue weighted by molar-refractivity contribution is 5.19. The van der Waals surface area contributed by atoms with Crippen molar-refractivity contribution in [1.82, 2.24) is 0 Å². The van der Waals surface area contributed by atoms with E-state index in [2.05, 4.69) is 0 Å². The zero-order valence-corrected chi connectivity index (χ0v) is 43.1. The molecule has 3 heterocycles. The van der Waals surface area contributed by atoms with Gasteiger partial charge in [0.2, 0.25) is 0 Å². The van der Waals surface area contributed by atoms with E-state index < -0.39 is 73.8 Å². The molecule has 402 valence electrons. The Hall–Kier alpha value is -5.98. The van der Waals surface area contributed by atoms with Crippen LogP contribution in [0, 0.1) is 0 Å². The predicted octanol–water partition coefficient (Wildman–Crippen LogP) is 9.92. The summed E-state index contributed by atoms with van der Waals surface area (Å²) in [5, 5.41) is 11.5. The van der Waals surface area contributed by atoms with E-state index in [1.165, 1.54) is 0 Å². The van der Waals surface area contributed by atoms with Gasteiger partial charge in [-0.1, -0.05) is 212 Å². The van der Waals surface area contributed by atoms with Gasteiger partial charge >= 0.3 is 0 Å². The maximum absolute atomic E-state index is 11.5. The Kier molecular flexibility index (Phi) is 20.2. The third-order valence-electron chi connectivity index (χ3n) is 13.8. The van der Waals surface area contributed by atoms with Gasteiger partial charge in [-0.25, -0.2) is 0 Å². The highest BCUT2D eigenvalue weighted by Crippen LogP contribution is 2.37. The normalized spacial score (nSPS) is 26.0. The Bertz CT molecular complexity index is 2710. The molecule has 13 heteroatoms. The summed E-state index contributed by atoms with van der Waals surface area (Å²) in [6.07, 6.45) is -10.2. The van der Waals surface area contributed by atoms with Gasteiger partial charge in [0.1, 0.15) is 54.9 Å². The molecule has 0 saturated carbocycles. The average Bonchev–Trinajstić information content (AvgIpc) is 4.13. The van der Waals surface area contributed by atoms with E-state index in [0.29, 0.717) is 19.8 Å². The molecule has 12 atom stereocenters. The molecule has 0 radical (unpaired) electrons. The molecule has 0 aliphatic carbocycles. The molecular weight excluding hydrogens is 977 g/mol. The molecule has 0 unspecified atom stereocenters. The van der Waals surface area contributed by atoms with Gasteiger partial charge in [0.25, 0.3) is 0 Å². The van der Waals surface area contributed by atoms with Crippen LogP contribution in [0.2, 0.25) is 0 Å². The van der Waals surface area contributed by atoms with Crippen molar-refractivity contribution in [3.05, 3.63) is 251 Å². The van der Waals surface area contributed by atoms with Crippen molar-refractivity contribution in [3.63, 3.8) is 0 Å². The second-order valence-electron chi connectivity index (χ2n) is 19.4. The Morgan fingerprint density at radius 2 is 0.558 bits per heavy atom. The first kappa shape index (κ1) is 54.4. The zero-order valence-electron chi connectivity index (χ0n) is 43.1. The lowest BCUT2D eigenvalue weighted by Crippen LogP contribution is -2.46. The monoisotopic (exact) mass is 1040 g/mol. The summed E-state index contributed by atoms with van der Waals surface area (Å²) >= 11 is 0. The summed E-state index contributed by atoms with van der Waals surface area (Å²) in [7, 11) is 0. The number of hydrogen-bond acceptors (Lipinski definition) is 13. The van der Waals surface area contributed by atoms with E-state index in [4.69, 9.17) is 56.8 Å². The summed E-state index contributed by atoms with van der Waals surface area (Å²) in [5.74, 6) is 0. The molecule has 0 amide bonds. The van der Waals surface area contributed by atoms with Crippen LogP contribution in [0.5, 0.6) is 0 Å². The smallest absolute Gasteiger partial charge is 0.187 e. The lowest BCUT2D eigenvalue weighted by molar-refractivity contribution is -0.261. The van der Waals surface area contributed by atoms with Gasteiger partial charge in [-0.15, -0.1) is 0 Å². The summed E-state index contributed by atoms with van der Waals surface area (Å²) in [6.45, 7) is 2.23. The first-order valence-electron chi connectivity index (χ1n) is 26.5. The largest absolute Gasteiger partial charge is 0.374 e. The van der Waals surface area contributed by atoms with Crippen molar-refractivity contribution in [3.8, 4) is 0 Å². The van der Waals surface area contributed by atoms with Gasteiger partial charge in [-0.05, 0) is 38.9 Å². The van der Waals surface area contributed by atoms with Gasteiger partial charge in [-0.2, -0.15) is 0 Å². The number of aliphatic hydroxyl groups excluding tert-OH is 1. The fourth-order valence-corrected chi connectivity index (χ4v) is 9.75. The SMILES string of the molecule is O[C@H]1O[C@H](CO[C@H]2O[C@H](COCc3ccccc3)[C@@H](OCc3ccccc3)[C@@H]2O[C@@H]2O[C@H](COCc3ccccc3)[C@@H](OCc3ccccc3)[C@@H]2OCc2ccccc2)[C@@H](OCc2ccccc2)[C@@H]1OCc1ccccc1. The molecule has 3 aliphatic rings. The van der Waals surface area contributed by atoms with Crippen LogP contribution in [0.1, 0.15) is 38.9 Å². The molecule has 10 rings (SSSR count). The standard InChI is InChI=1S/C64H68O13/c65-62-59(71-41-51-32-18-6-19-33-51)56(68-38-48-26-12-3-13-27-48)55(74-62)45-73-63-61(58(70-40-50-30-16-5-17-31-50)54(75-63)44-67-37-47-24-10-2-11-25-47)77-64-60(72-42-52-34-20-7-21-35-52)57(69-39-49-28-14-4-15-29-49)53(76-64)43-66-36-46-22-8-1-9-23-46/h1-35,53-65H,36-45H2/t53-,54-,55-,56-,57-,58-,59+,60+,61+,62+,63+,64+/m1/s1. The van der Waals surface area contributed by atoms with Gasteiger partial charge < -0.3 is 61.9 Å². The van der Waals surface area contributed by atoms with Crippen LogP contribution in [0.25, 0.3) is 0 Å². The van der Waals surface area contributed by atoms with Crippen LogP contribution in [-0.4, -0.2) is 98.7 Å². The van der Waals surface area contributed by atoms with Crippen LogP contribution in [-0.2, 0) is 103 Å². The van der Waals surface area contributed by atoms with E-state index in [1.54, 1.807) is 0 Å². The maximum atomic E-state index is 11.5. The molecule has 1 N–H and O–H groups in total. The summed E-state index contributed by atoms with van der Waals surface area (Å²) in [6, 6.07) is 69.5. The fourth-order valence-electron chi connectivity index (χ4n) is 9.75. The van der Waals surface area contributed by atoms with Gasteiger partial charge in [-0.3, -0.25) is 0 Å². The van der Waals surface area contributed by atoms with Crippen molar-refractivity contribution in [2.75, 3.05) is 19.8 Å². The topological polar surface area (TPSA) is 131 Å². The van der Waals surface area contributed by atoms with E-state index in [9.17, 15) is 5.11 Å². The predicted molar refractivity (Wildman–Crippen MR) is 286 cm³/mol. The molecule has 0 spiro atoms. The minimum absolute atomic E-state index is 0.0759. The second kappa shape index (κ2) is 28.6. The van der Waals surface area contributed by atoms with Crippen molar-refractivity contribution >= 4 is 0 Å². The Morgan fingerprint density at radius 1 is 0.273 bits per heavy atom. The molecule has 0 bridgehead atoms. The molecule has 3 saturated heterocycles. The van der Waals surface area contributed by atoms with Gasteiger partial charge in [0.05, 0.1) is 66.1 Å². The molecule has 77 heavy (non-hydrogen) atoms. The Balaban J connectivity index is 0.951. The molecule has 3 aliphatic heterocycles. The first-order valence-corrected chi connectivity index (χ1v) is 26.5. The summed E-state index contributed by atoms with van der Waals surface area (Å²) < 4.78 is 80.7. The molecule has 0 aromatic heterocycles. The highest BCUT2D eigenvalue weighted by atomic mass is 16.8. The molecule has 3 fully saturated rings. The number of aliphatic hydroxyl groups is 1. The van der Waals surface area contributed by atoms with Crippen LogP contribution in [0.4, 0.5) is 0 Å². The second-order valence-corrected chi connectivity index (χ2v) is 19.4. The zero-order chi connectivity index (χ0) is 52.3. The summed E-state index contributed by atoms with van der Waals surface area (Å²) in [5.41, 5.74) is 6.85. The number of hydrogen-bond donors (Lipinski definition) is 1. The van der Waals surface area contributed by atoms with Crippen LogP contribution < -0.4 is 0 Å². The third-order valence-corrected chi connectivity index (χ3v) is 13.8. The minimum Gasteiger partial charge on any atom is -0.374 e. The van der Waals surface area contributed by atoms with Crippen molar-refractivity contribution in [2.45, 2.75) is 120 Å².